The van der Waals surface area contributed by atoms with Crippen LogP contribution < -0.4 is 0 Å². The van der Waals surface area contributed by atoms with Crippen molar-refractivity contribution in [3.63, 3.8) is 0 Å². The summed E-state index contributed by atoms with van der Waals surface area (Å²) in [6, 6.07) is 6.78. The molecule has 1 aromatic carbocycles. The Balaban J connectivity index is 1.95. The minimum atomic E-state index is -0.403. The number of nitrogens with zero attached hydrogens (tertiary/aromatic N) is 2. The zero-order chi connectivity index (χ0) is 13.2. The van der Waals surface area contributed by atoms with Crippen molar-refractivity contribution < 1.29 is 4.92 Å². The number of hydrogen-bond acceptors (Lipinski definition) is 5. The Morgan fingerprint density at radius 1 is 1.26 bits per heavy atom. The van der Waals surface area contributed by atoms with E-state index in [1.54, 1.807) is 17.4 Å². The number of benzene rings is 1. The number of rotatable bonds is 3. The third-order valence-electron chi connectivity index (χ3n) is 2.56. The summed E-state index contributed by atoms with van der Waals surface area (Å²) in [6.07, 6.45) is 3.92. The molecule has 0 aliphatic carbocycles. The van der Waals surface area contributed by atoms with Gasteiger partial charge in [0.15, 0.2) is 0 Å². The molecule has 0 unspecified atom stereocenters. The third-order valence-corrected chi connectivity index (χ3v) is 4.26. The highest BCUT2D eigenvalue weighted by Gasteiger charge is 2.09. The van der Waals surface area contributed by atoms with Crippen LogP contribution in [0.1, 0.15) is 10.6 Å². The van der Waals surface area contributed by atoms with Crippen molar-refractivity contribution in [3.05, 3.63) is 55.7 Å². The maximum atomic E-state index is 10.7. The van der Waals surface area contributed by atoms with E-state index in [1.807, 2.05) is 23.6 Å². The highest BCUT2D eigenvalue weighted by atomic mass is 32.1. The molecule has 94 valence electrons. The van der Waals surface area contributed by atoms with Crippen molar-refractivity contribution in [2.45, 2.75) is 0 Å². The van der Waals surface area contributed by atoms with Crippen LogP contribution in [0.25, 0.3) is 22.4 Å². The fraction of sp³-hybridized carbons (Fsp3) is 0. The zero-order valence-electron chi connectivity index (χ0n) is 9.65. The van der Waals surface area contributed by atoms with Gasteiger partial charge in [0.25, 0.3) is 5.69 Å². The summed E-state index contributed by atoms with van der Waals surface area (Å²) in [5.74, 6) is 0. The lowest BCUT2D eigenvalue weighted by atomic mass is 10.3. The van der Waals surface area contributed by atoms with E-state index in [0.29, 0.717) is 5.52 Å². The third kappa shape index (κ3) is 2.54. The van der Waals surface area contributed by atoms with Gasteiger partial charge >= 0.3 is 0 Å². The molecule has 3 rings (SSSR count). The Hall–Kier alpha value is -2.05. The van der Waals surface area contributed by atoms with E-state index in [1.165, 1.54) is 23.5 Å². The lowest BCUT2D eigenvalue weighted by molar-refractivity contribution is -0.384. The first-order valence-electron chi connectivity index (χ1n) is 5.48. The van der Waals surface area contributed by atoms with E-state index in [-0.39, 0.29) is 5.69 Å². The first-order chi connectivity index (χ1) is 9.22. The Bertz CT molecular complexity index is 760. The van der Waals surface area contributed by atoms with Gasteiger partial charge in [-0.2, -0.15) is 11.3 Å². The molecule has 0 N–H and O–H groups in total. The average molecular weight is 288 g/mol. The Labute approximate surface area is 116 Å². The van der Waals surface area contributed by atoms with Gasteiger partial charge in [0.05, 0.1) is 15.1 Å². The van der Waals surface area contributed by atoms with Crippen molar-refractivity contribution >= 4 is 50.7 Å². The summed E-state index contributed by atoms with van der Waals surface area (Å²) in [7, 11) is 0. The fourth-order valence-corrected chi connectivity index (χ4v) is 3.13. The highest BCUT2D eigenvalue weighted by molar-refractivity contribution is 7.19. The van der Waals surface area contributed by atoms with E-state index in [4.69, 9.17) is 0 Å². The van der Waals surface area contributed by atoms with Gasteiger partial charge in [0.2, 0.25) is 0 Å². The molecule has 0 spiro atoms. The summed E-state index contributed by atoms with van der Waals surface area (Å²) in [6.45, 7) is 0. The monoisotopic (exact) mass is 288 g/mol. The molecule has 0 aliphatic rings. The van der Waals surface area contributed by atoms with Crippen LogP contribution in [-0.4, -0.2) is 9.91 Å². The molecule has 0 fully saturated rings. The van der Waals surface area contributed by atoms with Crippen LogP contribution in [0.4, 0.5) is 5.69 Å². The second-order valence-corrected chi connectivity index (χ2v) is 5.69. The molecule has 0 saturated heterocycles. The number of hydrogen-bond donors (Lipinski definition) is 0. The van der Waals surface area contributed by atoms with Crippen molar-refractivity contribution in [2.24, 2.45) is 0 Å². The van der Waals surface area contributed by atoms with Gasteiger partial charge in [-0.05, 0) is 34.5 Å². The topological polar surface area (TPSA) is 56.0 Å². The molecular formula is C13H8N2O2S2. The number of aromatic nitrogens is 1. The number of thiazole rings is 1. The minimum absolute atomic E-state index is 0.0752. The molecule has 0 amide bonds. The molecule has 6 heteroatoms. The first kappa shape index (κ1) is 12.0. The quantitative estimate of drug-likeness (QED) is 0.529. The van der Waals surface area contributed by atoms with E-state index in [0.717, 1.165) is 15.3 Å². The van der Waals surface area contributed by atoms with Gasteiger partial charge in [-0.15, -0.1) is 11.3 Å². The Kier molecular flexibility index (Phi) is 3.10. The molecule has 0 atom stereocenters. The summed E-state index contributed by atoms with van der Waals surface area (Å²) in [5, 5.41) is 15.6. The molecule has 4 nitrogen and oxygen atoms in total. The molecule has 19 heavy (non-hydrogen) atoms. The van der Waals surface area contributed by atoms with E-state index in [2.05, 4.69) is 10.4 Å². The SMILES string of the molecule is O=[N+]([O-])c1ccc2sc(/C=C/c3ccsc3)nc2c1. The number of non-ortho nitro benzene ring substituents is 1. The second-order valence-electron chi connectivity index (χ2n) is 3.85. The van der Waals surface area contributed by atoms with E-state index >= 15 is 0 Å². The number of nitro groups is 1. The van der Waals surface area contributed by atoms with Crippen molar-refractivity contribution in [1.82, 2.24) is 4.98 Å². The second kappa shape index (κ2) is 4.91. The summed E-state index contributed by atoms with van der Waals surface area (Å²) < 4.78 is 0.954. The average Bonchev–Trinajstić information content (AvgIpc) is 3.04. The highest BCUT2D eigenvalue weighted by Crippen LogP contribution is 2.27. The number of thiophene rings is 1. The summed E-state index contributed by atoms with van der Waals surface area (Å²) >= 11 is 3.16. The van der Waals surface area contributed by atoms with Gasteiger partial charge < -0.3 is 0 Å². The number of nitro benzene ring substituents is 1. The van der Waals surface area contributed by atoms with Gasteiger partial charge in [-0.1, -0.05) is 6.08 Å². The molecule has 2 heterocycles. The summed E-state index contributed by atoms with van der Waals surface area (Å²) in [5.41, 5.74) is 1.88. The van der Waals surface area contributed by atoms with E-state index < -0.39 is 4.92 Å². The predicted octanol–water partition coefficient (Wildman–Crippen LogP) is 4.44. The van der Waals surface area contributed by atoms with Crippen molar-refractivity contribution in [3.8, 4) is 0 Å². The largest absolute Gasteiger partial charge is 0.271 e. The molecule has 0 bridgehead atoms. The van der Waals surface area contributed by atoms with Crippen molar-refractivity contribution in [1.29, 1.82) is 0 Å². The van der Waals surface area contributed by atoms with Gasteiger partial charge in [0.1, 0.15) is 5.01 Å². The van der Waals surface area contributed by atoms with Crippen LogP contribution in [-0.2, 0) is 0 Å². The first-order valence-corrected chi connectivity index (χ1v) is 7.23. The molecule has 0 radical (unpaired) electrons. The van der Waals surface area contributed by atoms with Gasteiger partial charge in [0, 0.05) is 12.1 Å². The van der Waals surface area contributed by atoms with Crippen LogP contribution in [0.15, 0.2) is 35.0 Å². The Morgan fingerprint density at radius 2 is 2.16 bits per heavy atom. The zero-order valence-corrected chi connectivity index (χ0v) is 11.3. The molecule has 0 aliphatic heterocycles. The number of fused-ring (bicyclic) bond motifs is 1. The molecule has 3 aromatic rings. The van der Waals surface area contributed by atoms with Crippen LogP contribution >= 0.6 is 22.7 Å². The van der Waals surface area contributed by atoms with Crippen LogP contribution in [0.2, 0.25) is 0 Å². The lowest BCUT2D eigenvalue weighted by Gasteiger charge is -1.89. The summed E-state index contributed by atoms with van der Waals surface area (Å²) in [4.78, 5) is 14.7. The van der Waals surface area contributed by atoms with Crippen molar-refractivity contribution in [2.75, 3.05) is 0 Å². The fourth-order valence-electron chi connectivity index (χ4n) is 1.66. The molecular weight excluding hydrogens is 280 g/mol. The van der Waals surface area contributed by atoms with Crippen LogP contribution in [0, 0.1) is 10.1 Å². The maximum Gasteiger partial charge on any atom is 0.271 e. The standard InChI is InChI=1S/C13H8N2O2S2/c16-15(17)10-2-3-12-11(7-10)14-13(19-12)4-1-9-5-6-18-8-9/h1-8H/b4-1+. The minimum Gasteiger partial charge on any atom is -0.258 e. The van der Waals surface area contributed by atoms with Crippen LogP contribution in [0.3, 0.4) is 0 Å². The molecule has 2 aromatic heterocycles. The van der Waals surface area contributed by atoms with E-state index in [9.17, 15) is 10.1 Å². The predicted molar refractivity (Wildman–Crippen MR) is 79.5 cm³/mol. The maximum absolute atomic E-state index is 10.7. The van der Waals surface area contributed by atoms with Crippen LogP contribution in [0.5, 0.6) is 0 Å². The smallest absolute Gasteiger partial charge is 0.258 e. The Morgan fingerprint density at radius 3 is 2.89 bits per heavy atom. The van der Waals surface area contributed by atoms with Gasteiger partial charge in [-0.3, -0.25) is 10.1 Å². The van der Waals surface area contributed by atoms with Gasteiger partial charge in [-0.25, -0.2) is 4.98 Å². The normalized spacial score (nSPS) is 11.4. The lowest BCUT2D eigenvalue weighted by Crippen LogP contribution is -1.86. The molecule has 0 saturated carbocycles.